The Balaban J connectivity index is 2.07. The van der Waals surface area contributed by atoms with Gasteiger partial charge in [0.2, 0.25) is 0 Å². The second-order valence-electron chi connectivity index (χ2n) is 4.48. The zero-order valence-corrected chi connectivity index (χ0v) is 9.12. The van der Waals surface area contributed by atoms with Crippen molar-refractivity contribution < 1.29 is 0 Å². The zero-order valence-electron chi connectivity index (χ0n) is 8.31. The molecule has 14 heavy (non-hydrogen) atoms. The first-order valence-electron chi connectivity index (χ1n) is 5.43. The molecule has 0 aliphatic heterocycles. The van der Waals surface area contributed by atoms with Gasteiger partial charge in [0.1, 0.15) is 0 Å². The van der Waals surface area contributed by atoms with Crippen molar-refractivity contribution in [3.8, 4) is 12.3 Å². The van der Waals surface area contributed by atoms with Crippen LogP contribution in [-0.4, -0.2) is 0 Å². The number of hydrogen-bond donors (Lipinski definition) is 0. The molecule has 0 radical (unpaired) electrons. The maximum absolute atomic E-state index is 5.65. The minimum atomic E-state index is 0.168. The molecule has 2 aliphatic carbocycles. The first kappa shape index (κ1) is 8.56. The molecule has 0 nitrogen and oxygen atoms in total. The highest BCUT2D eigenvalue weighted by atomic mass is 32.1. The maximum atomic E-state index is 5.65. The van der Waals surface area contributed by atoms with Crippen LogP contribution in [0.25, 0.3) is 0 Å². The predicted octanol–water partition coefficient (Wildman–Crippen LogP) is 3.29. The minimum Gasteiger partial charge on any atom is -0.148 e. The van der Waals surface area contributed by atoms with Gasteiger partial charge in [0.15, 0.2) is 0 Å². The van der Waals surface area contributed by atoms with Gasteiger partial charge in [-0.25, -0.2) is 0 Å². The summed E-state index contributed by atoms with van der Waals surface area (Å²) in [5.74, 6) is 3.01. The molecule has 1 saturated carbocycles. The Morgan fingerprint density at radius 1 is 1.29 bits per heavy atom. The van der Waals surface area contributed by atoms with E-state index in [4.69, 9.17) is 6.42 Å². The minimum absolute atomic E-state index is 0.168. The van der Waals surface area contributed by atoms with E-state index < -0.39 is 0 Å². The lowest BCUT2D eigenvalue weighted by Gasteiger charge is -2.15. The van der Waals surface area contributed by atoms with E-state index in [2.05, 4.69) is 11.3 Å². The van der Waals surface area contributed by atoms with Gasteiger partial charge in [0, 0.05) is 4.88 Å². The fourth-order valence-corrected chi connectivity index (χ4v) is 3.76. The van der Waals surface area contributed by atoms with Gasteiger partial charge in [-0.3, -0.25) is 0 Å². The Morgan fingerprint density at radius 3 is 2.79 bits per heavy atom. The van der Waals surface area contributed by atoms with Crippen LogP contribution < -0.4 is 0 Å². The van der Waals surface area contributed by atoms with Gasteiger partial charge in [-0.15, -0.1) is 17.8 Å². The Morgan fingerprint density at radius 2 is 2.07 bits per heavy atom. The average Bonchev–Trinajstić information content (AvgIpc) is 2.91. The van der Waals surface area contributed by atoms with Crippen LogP contribution in [0.5, 0.6) is 0 Å². The van der Waals surface area contributed by atoms with E-state index in [0.717, 1.165) is 0 Å². The van der Waals surface area contributed by atoms with Gasteiger partial charge in [-0.05, 0) is 55.0 Å². The largest absolute Gasteiger partial charge is 0.148 e. The lowest BCUT2D eigenvalue weighted by molar-refractivity contribution is 0.686. The number of hydrogen-bond acceptors (Lipinski definition) is 1. The summed E-state index contributed by atoms with van der Waals surface area (Å²) in [5.41, 5.74) is 3.30. The van der Waals surface area contributed by atoms with Crippen molar-refractivity contribution in [1.29, 1.82) is 0 Å². The Labute approximate surface area is 89.3 Å². The van der Waals surface area contributed by atoms with Crippen LogP contribution in [0, 0.1) is 12.3 Å². The smallest absolute Gasteiger partial charge is 0.0572 e. The van der Waals surface area contributed by atoms with Crippen LogP contribution in [-0.2, 0) is 18.3 Å². The van der Waals surface area contributed by atoms with E-state index in [1.807, 2.05) is 11.3 Å². The van der Waals surface area contributed by atoms with E-state index in [1.54, 1.807) is 10.4 Å². The lowest BCUT2D eigenvalue weighted by Crippen LogP contribution is -2.08. The molecular formula is C13H14S. The third kappa shape index (κ3) is 1.07. The Kier molecular flexibility index (Phi) is 1.76. The molecule has 0 atom stereocenters. The third-order valence-electron chi connectivity index (χ3n) is 3.60. The van der Waals surface area contributed by atoms with Crippen molar-refractivity contribution in [1.82, 2.24) is 0 Å². The molecule has 0 spiro atoms. The van der Waals surface area contributed by atoms with Crippen LogP contribution >= 0.6 is 11.3 Å². The molecule has 1 heteroatoms. The van der Waals surface area contributed by atoms with Gasteiger partial charge in [-0.1, -0.05) is 5.92 Å². The number of thiophene rings is 1. The molecule has 3 rings (SSSR count). The molecule has 72 valence electrons. The molecule has 2 aliphatic rings. The van der Waals surface area contributed by atoms with E-state index >= 15 is 0 Å². The molecule has 0 aromatic carbocycles. The molecule has 1 aromatic rings. The van der Waals surface area contributed by atoms with Crippen molar-refractivity contribution in [2.24, 2.45) is 0 Å². The van der Waals surface area contributed by atoms with Crippen molar-refractivity contribution in [3.05, 3.63) is 21.4 Å². The van der Waals surface area contributed by atoms with E-state index in [0.29, 0.717) is 0 Å². The van der Waals surface area contributed by atoms with Crippen LogP contribution in [0.2, 0.25) is 0 Å². The van der Waals surface area contributed by atoms with Crippen molar-refractivity contribution in [3.63, 3.8) is 0 Å². The fraction of sp³-hybridized carbons (Fsp3) is 0.538. The van der Waals surface area contributed by atoms with Crippen LogP contribution in [0.15, 0.2) is 5.38 Å². The molecule has 1 aromatic heterocycles. The average molecular weight is 202 g/mol. The highest BCUT2D eigenvalue weighted by molar-refractivity contribution is 7.10. The SMILES string of the molecule is C#CC1(c2csc3c2CCCC3)CC1. The number of fused-ring (bicyclic) bond motifs is 1. The number of rotatable bonds is 1. The second kappa shape index (κ2) is 2.87. The summed E-state index contributed by atoms with van der Waals surface area (Å²) in [6.45, 7) is 0. The summed E-state index contributed by atoms with van der Waals surface area (Å²) in [7, 11) is 0. The van der Waals surface area contributed by atoms with Crippen LogP contribution in [0.1, 0.15) is 41.7 Å². The second-order valence-corrected chi connectivity index (χ2v) is 5.45. The van der Waals surface area contributed by atoms with E-state index in [-0.39, 0.29) is 5.41 Å². The Hall–Kier alpha value is -0.740. The summed E-state index contributed by atoms with van der Waals surface area (Å²) < 4.78 is 0. The summed E-state index contributed by atoms with van der Waals surface area (Å²) in [6, 6.07) is 0. The highest BCUT2D eigenvalue weighted by Gasteiger charge is 2.45. The normalized spacial score (nSPS) is 22.5. The molecule has 0 saturated heterocycles. The quantitative estimate of drug-likeness (QED) is 0.613. The van der Waals surface area contributed by atoms with Crippen molar-refractivity contribution >= 4 is 11.3 Å². The predicted molar refractivity (Wildman–Crippen MR) is 60.7 cm³/mol. The molecule has 1 fully saturated rings. The van der Waals surface area contributed by atoms with E-state index in [9.17, 15) is 0 Å². The van der Waals surface area contributed by atoms with Crippen LogP contribution in [0.4, 0.5) is 0 Å². The summed E-state index contributed by atoms with van der Waals surface area (Å²) in [5, 5.41) is 2.34. The van der Waals surface area contributed by atoms with Gasteiger partial charge in [-0.2, -0.15) is 0 Å². The lowest BCUT2D eigenvalue weighted by atomic mass is 9.88. The highest BCUT2D eigenvalue weighted by Crippen LogP contribution is 2.51. The first-order chi connectivity index (χ1) is 6.86. The number of aryl methyl sites for hydroxylation is 1. The van der Waals surface area contributed by atoms with Gasteiger partial charge < -0.3 is 0 Å². The first-order valence-corrected chi connectivity index (χ1v) is 6.31. The molecule has 0 amide bonds. The standard InChI is InChI=1S/C13H14S/c1-2-13(7-8-13)11-9-14-12-6-4-3-5-10(11)12/h1,9H,3-8H2. The topological polar surface area (TPSA) is 0 Å². The molecule has 0 bridgehead atoms. The molecule has 0 N–H and O–H groups in total. The van der Waals surface area contributed by atoms with Crippen molar-refractivity contribution in [2.45, 2.75) is 43.9 Å². The van der Waals surface area contributed by atoms with E-state index in [1.165, 1.54) is 44.1 Å². The molecule has 1 heterocycles. The molecule has 0 unspecified atom stereocenters. The summed E-state index contributed by atoms with van der Waals surface area (Å²) >= 11 is 1.94. The zero-order chi connectivity index (χ0) is 9.60. The fourth-order valence-electron chi connectivity index (χ4n) is 2.51. The molecular weight excluding hydrogens is 188 g/mol. The number of terminal acetylenes is 1. The van der Waals surface area contributed by atoms with Gasteiger partial charge in [0.05, 0.1) is 5.41 Å². The van der Waals surface area contributed by atoms with Gasteiger partial charge >= 0.3 is 0 Å². The van der Waals surface area contributed by atoms with Crippen LogP contribution in [0.3, 0.4) is 0 Å². The summed E-state index contributed by atoms with van der Waals surface area (Å²) in [6.07, 6.45) is 13.4. The third-order valence-corrected chi connectivity index (χ3v) is 4.69. The monoisotopic (exact) mass is 202 g/mol. The maximum Gasteiger partial charge on any atom is 0.0572 e. The Bertz CT molecular complexity index is 401. The van der Waals surface area contributed by atoms with Crippen molar-refractivity contribution in [2.75, 3.05) is 0 Å². The van der Waals surface area contributed by atoms with Gasteiger partial charge in [0.25, 0.3) is 0 Å². The summed E-state index contributed by atoms with van der Waals surface area (Å²) in [4.78, 5) is 1.62.